The molecule has 1 unspecified atom stereocenters. The number of aliphatic hydroxyl groups is 1. The molecule has 3 N–H and O–H groups in total. The first-order valence-electron chi connectivity index (χ1n) is 5.97. The first kappa shape index (κ1) is 13.2. The van der Waals surface area contributed by atoms with Crippen molar-refractivity contribution in [1.82, 2.24) is 0 Å². The van der Waals surface area contributed by atoms with Crippen LogP contribution in [0.3, 0.4) is 0 Å². The molecule has 0 radical (unpaired) electrons. The Morgan fingerprint density at radius 2 is 1.81 bits per heavy atom. The van der Waals surface area contributed by atoms with Gasteiger partial charge < -0.3 is 10.8 Å². The fourth-order valence-corrected chi connectivity index (χ4v) is 1.84. The van der Waals surface area contributed by atoms with Gasteiger partial charge in [-0.3, -0.25) is 0 Å². The van der Waals surface area contributed by atoms with Gasteiger partial charge in [-0.15, -0.1) is 0 Å². The van der Waals surface area contributed by atoms with Crippen LogP contribution in [0.5, 0.6) is 0 Å². The van der Waals surface area contributed by atoms with Crippen molar-refractivity contribution in [3.63, 3.8) is 0 Å². The van der Waals surface area contributed by atoms with E-state index in [9.17, 15) is 0 Å². The number of rotatable bonds is 5. The number of nitrogens with two attached hydrogens (primary N) is 1. The molecule has 1 aromatic carbocycles. The van der Waals surface area contributed by atoms with Gasteiger partial charge in [-0.25, -0.2) is 0 Å². The lowest BCUT2D eigenvalue weighted by atomic mass is 9.87. The Balaban J connectivity index is 2.79. The van der Waals surface area contributed by atoms with Gasteiger partial charge in [0.15, 0.2) is 0 Å². The second-order valence-corrected chi connectivity index (χ2v) is 5.02. The summed E-state index contributed by atoms with van der Waals surface area (Å²) in [6, 6.07) is 8.49. The highest BCUT2D eigenvalue weighted by molar-refractivity contribution is 5.29. The average molecular weight is 221 g/mol. The van der Waals surface area contributed by atoms with Crippen LogP contribution < -0.4 is 5.73 Å². The fourth-order valence-electron chi connectivity index (χ4n) is 1.84. The Morgan fingerprint density at radius 1 is 1.25 bits per heavy atom. The molecule has 0 saturated heterocycles. The Morgan fingerprint density at radius 3 is 2.25 bits per heavy atom. The van der Waals surface area contributed by atoms with E-state index in [-0.39, 0.29) is 12.1 Å². The van der Waals surface area contributed by atoms with Gasteiger partial charge in [0, 0.05) is 12.1 Å². The summed E-state index contributed by atoms with van der Waals surface area (Å²) in [6.07, 6.45) is 1.56. The molecule has 0 heterocycles. The predicted octanol–water partition coefficient (Wildman–Crippen LogP) is 2.76. The molecule has 2 heteroatoms. The molecule has 0 fully saturated rings. The van der Waals surface area contributed by atoms with E-state index in [1.807, 2.05) is 6.92 Å². The third-order valence-corrected chi connectivity index (χ3v) is 3.09. The molecule has 1 aromatic rings. The molecular formula is C14H23NO. The fraction of sp³-hybridized carbons (Fsp3) is 0.571. The number of hydrogen-bond acceptors (Lipinski definition) is 2. The Labute approximate surface area is 98.5 Å². The Hall–Kier alpha value is -0.860. The highest BCUT2D eigenvalue weighted by Gasteiger charge is 2.20. The van der Waals surface area contributed by atoms with Gasteiger partial charge in [-0.1, -0.05) is 38.1 Å². The van der Waals surface area contributed by atoms with E-state index in [1.54, 1.807) is 0 Å². The van der Waals surface area contributed by atoms with Crippen molar-refractivity contribution in [2.45, 2.75) is 45.1 Å². The quantitative estimate of drug-likeness (QED) is 0.803. The van der Waals surface area contributed by atoms with Crippen molar-refractivity contribution in [2.75, 3.05) is 6.61 Å². The molecule has 0 amide bonds. The van der Waals surface area contributed by atoms with E-state index in [1.165, 1.54) is 5.56 Å². The van der Waals surface area contributed by atoms with Crippen molar-refractivity contribution >= 4 is 0 Å². The first-order valence-corrected chi connectivity index (χ1v) is 5.97. The first-order chi connectivity index (χ1) is 7.47. The molecular weight excluding hydrogens is 198 g/mol. The van der Waals surface area contributed by atoms with Crippen LogP contribution in [0, 0.1) is 0 Å². The molecule has 0 spiro atoms. The van der Waals surface area contributed by atoms with Crippen LogP contribution in [0.1, 0.15) is 50.7 Å². The van der Waals surface area contributed by atoms with E-state index in [0.717, 1.165) is 18.4 Å². The van der Waals surface area contributed by atoms with E-state index >= 15 is 0 Å². The monoisotopic (exact) mass is 221 g/mol. The SMILES string of the molecule is CC(C)c1ccc(C(C)(N)CCCO)cc1. The molecule has 16 heavy (non-hydrogen) atoms. The van der Waals surface area contributed by atoms with Crippen LogP contribution in [-0.4, -0.2) is 11.7 Å². The molecule has 90 valence electrons. The summed E-state index contributed by atoms with van der Waals surface area (Å²) >= 11 is 0. The van der Waals surface area contributed by atoms with Crippen molar-refractivity contribution < 1.29 is 5.11 Å². The molecule has 0 aliphatic rings. The van der Waals surface area contributed by atoms with E-state index in [2.05, 4.69) is 38.1 Å². The van der Waals surface area contributed by atoms with Crippen molar-refractivity contribution in [3.05, 3.63) is 35.4 Å². The van der Waals surface area contributed by atoms with Gasteiger partial charge >= 0.3 is 0 Å². The van der Waals surface area contributed by atoms with Crippen molar-refractivity contribution in [1.29, 1.82) is 0 Å². The lowest BCUT2D eigenvalue weighted by molar-refractivity contribution is 0.265. The zero-order valence-corrected chi connectivity index (χ0v) is 10.5. The van der Waals surface area contributed by atoms with Gasteiger partial charge in [0.2, 0.25) is 0 Å². The second kappa shape index (κ2) is 5.46. The Kier molecular flexibility index (Phi) is 4.51. The topological polar surface area (TPSA) is 46.2 Å². The van der Waals surface area contributed by atoms with Crippen molar-refractivity contribution in [2.24, 2.45) is 5.73 Å². The predicted molar refractivity (Wildman–Crippen MR) is 68.4 cm³/mol. The van der Waals surface area contributed by atoms with Crippen LogP contribution in [0.15, 0.2) is 24.3 Å². The van der Waals surface area contributed by atoms with Gasteiger partial charge in [0.25, 0.3) is 0 Å². The maximum atomic E-state index is 8.84. The zero-order valence-electron chi connectivity index (χ0n) is 10.5. The molecule has 0 bridgehead atoms. The van der Waals surface area contributed by atoms with Gasteiger partial charge in [-0.05, 0) is 36.8 Å². The van der Waals surface area contributed by atoms with E-state index in [0.29, 0.717) is 5.92 Å². The van der Waals surface area contributed by atoms with E-state index < -0.39 is 0 Å². The lowest BCUT2D eigenvalue weighted by Gasteiger charge is -2.25. The van der Waals surface area contributed by atoms with E-state index in [4.69, 9.17) is 10.8 Å². The minimum atomic E-state index is -0.335. The maximum absolute atomic E-state index is 8.84. The summed E-state index contributed by atoms with van der Waals surface area (Å²) in [5, 5.41) is 8.84. The number of aliphatic hydroxyl groups excluding tert-OH is 1. The number of benzene rings is 1. The Bertz CT molecular complexity index is 314. The lowest BCUT2D eigenvalue weighted by Crippen LogP contribution is -2.33. The smallest absolute Gasteiger partial charge is 0.0431 e. The molecule has 0 saturated carbocycles. The van der Waals surface area contributed by atoms with Crippen LogP contribution >= 0.6 is 0 Å². The summed E-state index contributed by atoms with van der Waals surface area (Å²) < 4.78 is 0. The third-order valence-electron chi connectivity index (χ3n) is 3.09. The summed E-state index contributed by atoms with van der Waals surface area (Å²) in [6.45, 7) is 6.59. The molecule has 0 aliphatic heterocycles. The summed E-state index contributed by atoms with van der Waals surface area (Å²) in [7, 11) is 0. The highest BCUT2D eigenvalue weighted by Crippen LogP contribution is 2.25. The minimum Gasteiger partial charge on any atom is -0.396 e. The minimum absolute atomic E-state index is 0.205. The summed E-state index contributed by atoms with van der Waals surface area (Å²) in [4.78, 5) is 0. The highest BCUT2D eigenvalue weighted by atomic mass is 16.2. The van der Waals surface area contributed by atoms with Crippen LogP contribution in [-0.2, 0) is 5.54 Å². The average Bonchev–Trinajstić information content (AvgIpc) is 2.26. The van der Waals surface area contributed by atoms with Crippen LogP contribution in [0.2, 0.25) is 0 Å². The molecule has 1 rings (SSSR count). The second-order valence-electron chi connectivity index (χ2n) is 5.02. The molecule has 2 nitrogen and oxygen atoms in total. The number of hydrogen-bond donors (Lipinski definition) is 2. The largest absolute Gasteiger partial charge is 0.396 e. The standard InChI is InChI=1S/C14H23NO/c1-11(2)12-5-7-13(8-6-12)14(3,15)9-4-10-16/h5-8,11,16H,4,9-10,15H2,1-3H3. The molecule has 0 aliphatic carbocycles. The zero-order chi connectivity index (χ0) is 12.2. The van der Waals surface area contributed by atoms with Gasteiger partial charge in [-0.2, -0.15) is 0 Å². The normalized spacial score (nSPS) is 15.1. The summed E-state index contributed by atoms with van der Waals surface area (Å²) in [5.41, 5.74) is 8.38. The van der Waals surface area contributed by atoms with Crippen LogP contribution in [0.25, 0.3) is 0 Å². The molecule has 0 aromatic heterocycles. The summed E-state index contributed by atoms with van der Waals surface area (Å²) in [5.74, 6) is 0.551. The maximum Gasteiger partial charge on any atom is 0.0431 e. The van der Waals surface area contributed by atoms with Crippen LogP contribution in [0.4, 0.5) is 0 Å². The van der Waals surface area contributed by atoms with Gasteiger partial charge in [0.05, 0.1) is 0 Å². The third kappa shape index (κ3) is 3.32. The van der Waals surface area contributed by atoms with Gasteiger partial charge in [0.1, 0.15) is 0 Å². The molecule has 1 atom stereocenters. The van der Waals surface area contributed by atoms with Crippen molar-refractivity contribution in [3.8, 4) is 0 Å².